The summed E-state index contributed by atoms with van der Waals surface area (Å²) in [5.41, 5.74) is 2.93. The van der Waals surface area contributed by atoms with Gasteiger partial charge in [-0.2, -0.15) is 4.98 Å². The molecule has 4 aromatic rings. The maximum atomic E-state index is 4.64. The molecule has 116 valence electrons. The van der Waals surface area contributed by atoms with Crippen LogP contribution in [0.15, 0.2) is 48.5 Å². The third kappa shape index (κ3) is 2.34. The smallest absolute Gasteiger partial charge is 0.257 e. The first-order chi connectivity index (χ1) is 11.8. The van der Waals surface area contributed by atoms with Crippen molar-refractivity contribution in [3.8, 4) is 11.8 Å². The lowest BCUT2D eigenvalue weighted by Gasteiger charge is -2.11. The number of hydrogen-bond donors (Lipinski definition) is 1. The molecule has 1 N–H and O–H groups in total. The predicted octanol–water partition coefficient (Wildman–Crippen LogP) is 3.70. The highest BCUT2D eigenvalue weighted by Crippen LogP contribution is 2.26. The van der Waals surface area contributed by atoms with Gasteiger partial charge in [-0.25, -0.2) is 0 Å². The van der Waals surface area contributed by atoms with Gasteiger partial charge in [-0.1, -0.05) is 24.1 Å². The molecule has 2 aromatic carbocycles. The SMILES string of the molecule is CC#Cc1cccc(Nc2nc3nnc(C)n3c3ccccc23)c1. The van der Waals surface area contributed by atoms with Gasteiger partial charge >= 0.3 is 0 Å². The van der Waals surface area contributed by atoms with Crippen molar-refractivity contribution >= 4 is 28.2 Å². The van der Waals surface area contributed by atoms with Crippen LogP contribution in [-0.4, -0.2) is 19.6 Å². The number of nitrogens with zero attached hydrogens (tertiary/aromatic N) is 4. The first-order valence-corrected chi connectivity index (χ1v) is 7.66. The van der Waals surface area contributed by atoms with E-state index in [1.54, 1.807) is 0 Å². The van der Waals surface area contributed by atoms with E-state index in [4.69, 9.17) is 0 Å². The Morgan fingerprint density at radius 3 is 2.79 bits per heavy atom. The van der Waals surface area contributed by atoms with E-state index in [2.05, 4.69) is 32.3 Å². The van der Waals surface area contributed by atoms with E-state index >= 15 is 0 Å². The summed E-state index contributed by atoms with van der Waals surface area (Å²) in [6.45, 7) is 3.75. The van der Waals surface area contributed by atoms with E-state index in [1.165, 1.54) is 0 Å². The van der Waals surface area contributed by atoms with Crippen LogP contribution < -0.4 is 5.32 Å². The lowest BCUT2D eigenvalue weighted by atomic mass is 10.2. The quantitative estimate of drug-likeness (QED) is 0.573. The van der Waals surface area contributed by atoms with Gasteiger partial charge in [-0.3, -0.25) is 4.40 Å². The zero-order chi connectivity index (χ0) is 16.5. The van der Waals surface area contributed by atoms with Gasteiger partial charge in [0.25, 0.3) is 5.78 Å². The molecule has 24 heavy (non-hydrogen) atoms. The van der Waals surface area contributed by atoms with Crippen molar-refractivity contribution in [2.24, 2.45) is 0 Å². The Kier molecular flexibility index (Phi) is 3.36. The molecule has 0 aliphatic heterocycles. The van der Waals surface area contributed by atoms with E-state index in [-0.39, 0.29) is 0 Å². The average molecular weight is 313 g/mol. The Hall–Kier alpha value is -3.39. The van der Waals surface area contributed by atoms with Gasteiger partial charge in [0.2, 0.25) is 0 Å². The zero-order valence-corrected chi connectivity index (χ0v) is 13.4. The van der Waals surface area contributed by atoms with Crippen molar-refractivity contribution in [3.63, 3.8) is 0 Å². The van der Waals surface area contributed by atoms with Crippen molar-refractivity contribution < 1.29 is 0 Å². The van der Waals surface area contributed by atoms with Crippen molar-refractivity contribution in [1.29, 1.82) is 0 Å². The van der Waals surface area contributed by atoms with Gasteiger partial charge in [0.05, 0.1) is 5.52 Å². The van der Waals surface area contributed by atoms with Crippen molar-refractivity contribution in [1.82, 2.24) is 19.6 Å². The largest absolute Gasteiger partial charge is 0.340 e. The van der Waals surface area contributed by atoms with E-state index in [1.807, 2.05) is 66.8 Å². The molecule has 0 aliphatic carbocycles. The molecule has 0 radical (unpaired) electrons. The second kappa shape index (κ2) is 5.67. The lowest BCUT2D eigenvalue weighted by Crippen LogP contribution is -2.00. The summed E-state index contributed by atoms with van der Waals surface area (Å²) in [4.78, 5) is 4.64. The first kappa shape index (κ1) is 14.2. The molecule has 0 spiro atoms. The van der Waals surface area contributed by atoms with Crippen molar-refractivity contribution in [2.75, 3.05) is 5.32 Å². The topological polar surface area (TPSA) is 55.1 Å². The molecule has 0 unspecified atom stereocenters. The van der Waals surface area contributed by atoms with Gasteiger partial charge in [0.1, 0.15) is 11.6 Å². The maximum Gasteiger partial charge on any atom is 0.257 e. The average Bonchev–Trinajstić information content (AvgIpc) is 2.97. The molecule has 0 aliphatic rings. The van der Waals surface area contributed by atoms with E-state index in [0.717, 1.165) is 33.8 Å². The molecule has 0 saturated carbocycles. The summed E-state index contributed by atoms with van der Waals surface area (Å²) in [6.07, 6.45) is 0. The Morgan fingerprint density at radius 1 is 1.04 bits per heavy atom. The molecular weight excluding hydrogens is 298 g/mol. The summed E-state index contributed by atoms with van der Waals surface area (Å²) >= 11 is 0. The fourth-order valence-electron chi connectivity index (χ4n) is 2.79. The number of aryl methyl sites for hydroxylation is 1. The molecule has 0 bridgehead atoms. The summed E-state index contributed by atoms with van der Waals surface area (Å²) in [5, 5.41) is 12.7. The number of fused-ring (bicyclic) bond motifs is 3. The molecule has 0 fully saturated rings. The second-order valence-corrected chi connectivity index (χ2v) is 5.44. The molecule has 0 atom stereocenters. The van der Waals surface area contributed by atoms with E-state index in [0.29, 0.717) is 5.78 Å². The van der Waals surface area contributed by atoms with Crippen LogP contribution in [-0.2, 0) is 0 Å². The van der Waals surface area contributed by atoms with Crippen LogP contribution in [0, 0.1) is 18.8 Å². The fraction of sp³-hybridized carbons (Fsp3) is 0.105. The Balaban J connectivity index is 1.89. The molecule has 2 aromatic heterocycles. The minimum absolute atomic E-state index is 0.582. The number of para-hydroxylation sites is 1. The summed E-state index contributed by atoms with van der Waals surface area (Å²) in [5.74, 6) is 8.14. The number of nitrogens with one attached hydrogen (secondary N) is 1. The highest BCUT2D eigenvalue weighted by molar-refractivity contribution is 5.92. The minimum Gasteiger partial charge on any atom is -0.340 e. The fourth-order valence-corrected chi connectivity index (χ4v) is 2.79. The van der Waals surface area contributed by atoms with Crippen LogP contribution in [0.1, 0.15) is 18.3 Å². The lowest BCUT2D eigenvalue weighted by molar-refractivity contribution is 1.02. The molecule has 5 nitrogen and oxygen atoms in total. The summed E-state index contributed by atoms with van der Waals surface area (Å²) < 4.78 is 1.96. The third-order valence-electron chi connectivity index (χ3n) is 3.81. The van der Waals surface area contributed by atoms with Crippen LogP contribution in [0.5, 0.6) is 0 Å². The highest BCUT2D eigenvalue weighted by Gasteiger charge is 2.11. The normalized spacial score (nSPS) is 10.6. The number of hydrogen-bond acceptors (Lipinski definition) is 4. The monoisotopic (exact) mass is 313 g/mol. The van der Waals surface area contributed by atoms with Gasteiger partial charge < -0.3 is 5.32 Å². The molecule has 0 amide bonds. The minimum atomic E-state index is 0.582. The Labute approximate surface area is 139 Å². The first-order valence-electron chi connectivity index (χ1n) is 7.66. The zero-order valence-electron chi connectivity index (χ0n) is 13.4. The van der Waals surface area contributed by atoms with Crippen molar-refractivity contribution in [2.45, 2.75) is 13.8 Å². The number of benzene rings is 2. The number of rotatable bonds is 2. The predicted molar refractivity (Wildman–Crippen MR) is 95.3 cm³/mol. The highest BCUT2D eigenvalue weighted by atomic mass is 15.3. The van der Waals surface area contributed by atoms with Gasteiger partial charge in [0.15, 0.2) is 0 Å². The Morgan fingerprint density at radius 2 is 1.92 bits per heavy atom. The van der Waals surface area contributed by atoms with E-state index < -0.39 is 0 Å². The molecule has 2 heterocycles. The van der Waals surface area contributed by atoms with E-state index in [9.17, 15) is 0 Å². The van der Waals surface area contributed by atoms with Crippen LogP contribution in [0.2, 0.25) is 0 Å². The summed E-state index contributed by atoms with van der Waals surface area (Å²) in [7, 11) is 0. The standard InChI is InChI=1S/C19H15N5/c1-3-7-14-8-6-9-15(12-14)20-18-16-10-4-5-11-17(16)24-13(2)22-23-19(24)21-18/h4-6,8-12H,1-2H3,(H,20,21,23). The number of aromatic nitrogens is 4. The van der Waals surface area contributed by atoms with Crippen LogP contribution in [0.3, 0.4) is 0 Å². The van der Waals surface area contributed by atoms with Gasteiger partial charge in [-0.05, 0) is 44.2 Å². The molecular formula is C19H15N5. The van der Waals surface area contributed by atoms with Crippen molar-refractivity contribution in [3.05, 3.63) is 59.9 Å². The molecule has 0 saturated heterocycles. The van der Waals surface area contributed by atoms with Gasteiger partial charge in [0, 0.05) is 16.6 Å². The van der Waals surface area contributed by atoms with Gasteiger partial charge in [-0.15, -0.1) is 16.1 Å². The third-order valence-corrected chi connectivity index (χ3v) is 3.81. The maximum absolute atomic E-state index is 4.64. The second-order valence-electron chi connectivity index (χ2n) is 5.44. The number of anilines is 2. The molecule has 4 rings (SSSR count). The van der Waals surface area contributed by atoms with Crippen LogP contribution in [0.25, 0.3) is 16.7 Å². The van der Waals surface area contributed by atoms with Crippen LogP contribution >= 0.6 is 0 Å². The van der Waals surface area contributed by atoms with Crippen LogP contribution in [0.4, 0.5) is 11.5 Å². The summed E-state index contributed by atoms with van der Waals surface area (Å²) in [6, 6.07) is 16.1. The Bertz CT molecular complexity index is 1110. The molecule has 5 heteroatoms.